The zero-order valence-electron chi connectivity index (χ0n) is 14.2. The van der Waals surface area contributed by atoms with E-state index in [1.54, 1.807) is 12.4 Å². The molecule has 1 aromatic rings. The van der Waals surface area contributed by atoms with Gasteiger partial charge in [-0.25, -0.2) is 9.97 Å². The second-order valence-electron chi connectivity index (χ2n) is 5.85. The number of hydrogen-bond donors (Lipinski definition) is 1. The number of nitrogens with one attached hydrogen (secondary N) is 1. The molecule has 1 atom stereocenters. The number of piperazine rings is 1. The van der Waals surface area contributed by atoms with Crippen molar-refractivity contribution in [2.45, 2.75) is 25.9 Å². The summed E-state index contributed by atoms with van der Waals surface area (Å²) in [5, 5.41) is 3.40. The molecule has 2 saturated heterocycles. The lowest BCUT2D eigenvalue weighted by molar-refractivity contribution is 0.117. The molecule has 0 aliphatic carbocycles. The average molecular weight is 446 g/mol. The van der Waals surface area contributed by atoms with Crippen LogP contribution in [0.25, 0.3) is 0 Å². The molecule has 3 heterocycles. The van der Waals surface area contributed by atoms with Crippen LogP contribution in [0.3, 0.4) is 0 Å². The maximum absolute atomic E-state index is 5.67. The number of halogens is 1. The number of hydrogen-bond acceptors (Lipinski definition) is 5. The summed E-state index contributed by atoms with van der Waals surface area (Å²) in [6, 6.07) is 1.85. The molecule has 2 aliphatic rings. The van der Waals surface area contributed by atoms with Crippen LogP contribution in [0.15, 0.2) is 23.5 Å². The molecule has 2 aliphatic heterocycles. The van der Waals surface area contributed by atoms with Crippen molar-refractivity contribution in [3.63, 3.8) is 0 Å². The van der Waals surface area contributed by atoms with Gasteiger partial charge < -0.3 is 19.9 Å². The lowest BCUT2D eigenvalue weighted by Crippen LogP contribution is -2.53. The molecule has 8 heteroatoms. The van der Waals surface area contributed by atoms with Crippen LogP contribution in [-0.4, -0.2) is 72.8 Å². The van der Waals surface area contributed by atoms with Crippen molar-refractivity contribution in [3.05, 3.63) is 18.5 Å². The Morgan fingerprint density at radius 1 is 1.29 bits per heavy atom. The quantitative estimate of drug-likeness (QED) is 0.428. The summed E-state index contributed by atoms with van der Waals surface area (Å²) in [6.07, 6.45) is 6.17. The molecular formula is C16H27IN6O. The summed E-state index contributed by atoms with van der Waals surface area (Å²) in [6.45, 7) is 8.30. The lowest BCUT2D eigenvalue weighted by atomic mass is 10.2. The number of anilines is 1. The minimum absolute atomic E-state index is 0. The first-order chi connectivity index (χ1) is 11.4. The molecule has 0 bridgehead atoms. The van der Waals surface area contributed by atoms with Gasteiger partial charge in [0.15, 0.2) is 5.96 Å². The highest BCUT2D eigenvalue weighted by atomic mass is 127. The van der Waals surface area contributed by atoms with Gasteiger partial charge in [-0.15, -0.1) is 24.0 Å². The van der Waals surface area contributed by atoms with Gasteiger partial charge in [0.1, 0.15) is 0 Å². The molecule has 0 radical (unpaired) electrons. The van der Waals surface area contributed by atoms with Crippen LogP contribution in [0.4, 0.5) is 5.95 Å². The Morgan fingerprint density at radius 2 is 2.04 bits per heavy atom. The van der Waals surface area contributed by atoms with Crippen LogP contribution in [0.2, 0.25) is 0 Å². The van der Waals surface area contributed by atoms with E-state index in [0.29, 0.717) is 6.10 Å². The van der Waals surface area contributed by atoms with Gasteiger partial charge in [-0.3, -0.25) is 4.99 Å². The van der Waals surface area contributed by atoms with Crippen molar-refractivity contribution < 1.29 is 4.74 Å². The fourth-order valence-electron chi connectivity index (χ4n) is 2.98. The second kappa shape index (κ2) is 9.97. The van der Waals surface area contributed by atoms with E-state index in [1.165, 1.54) is 0 Å². The number of ether oxygens (including phenoxy) is 1. The van der Waals surface area contributed by atoms with Crippen LogP contribution >= 0.6 is 24.0 Å². The van der Waals surface area contributed by atoms with Gasteiger partial charge in [0.2, 0.25) is 5.95 Å². The van der Waals surface area contributed by atoms with Gasteiger partial charge >= 0.3 is 0 Å². The predicted octanol–water partition coefficient (Wildman–Crippen LogP) is 1.36. The number of nitrogens with zero attached hydrogens (tertiary/aromatic N) is 5. The zero-order chi connectivity index (χ0) is 15.9. The van der Waals surface area contributed by atoms with Crippen molar-refractivity contribution in [2.75, 3.05) is 50.8 Å². The first kappa shape index (κ1) is 19.2. The summed E-state index contributed by atoms with van der Waals surface area (Å²) in [5.74, 6) is 1.81. The molecule has 134 valence electrons. The van der Waals surface area contributed by atoms with Crippen molar-refractivity contribution in [1.29, 1.82) is 0 Å². The molecule has 0 aromatic carbocycles. The van der Waals surface area contributed by atoms with E-state index in [1.807, 2.05) is 6.07 Å². The Bertz CT molecular complexity index is 501. The molecule has 24 heavy (non-hydrogen) atoms. The van der Waals surface area contributed by atoms with E-state index < -0.39 is 0 Å². The normalized spacial score (nSPS) is 21.5. The van der Waals surface area contributed by atoms with Crippen LogP contribution in [0.5, 0.6) is 0 Å². The second-order valence-corrected chi connectivity index (χ2v) is 5.85. The molecule has 7 nitrogen and oxygen atoms in total. The fourth-order valence-corrected chi connectivity index (χ4v) is 2.98. The van der Waals surface area contributed by atoms with E-state index in [-0.39, 0.29) is 24.0 Å². The van der Waals surface area contributed by atoms with Crippen molar-refractivity contribution in [3.8, 4) is 0 Å². The zero-order valence-corrected chi connectivity index (χ0v) is 16.6. The maximum Gasteiger partial charge on any atom is 0.225 e. The third kappa shape index (κ3) is 5.17. The molecule has 0 amide bonds. The molecule has 0 saturated carbocycles. The molecule has 3 rings (SSSR count). The van der Waals surface area contributed by atoms with Crippen molar-refractivity contribution in [2.24, 2.45) is 4.99 Å². The van der Waals surface area contributed by atoms with Crippen LogP contribution < -0.4 is 10.2 Å². The summed E-state index contributed by atoms with van der Waals surface area (Å²) >= 11 is 0. The first-order valence-electron chi connectivity index (χ1n) is 8.53. The van der Waals surface area contributed by atoms with Crippen LogP contribution in [0.1, 0.15) is 19.8 Å². The van der Waals surface area contributed by atoms with Crippen LogP contribution in [-0.2, 0) is 4.74 Å². The Kier molecular flexibility index (Phi) is 7.97. The summed E-state index contributed by atoms with van der Waals surface area (Å²) < 4.78 is 5.67. The van der Waals surface area contributed by atoms with E-state index in [2.05, 4.69) is 32.0 Å². The third-order valence-electron chi connectivity index (χ3n) is 4.22. The SMILES string of the molecule is CCNC(=NCC1CCCO1)N1CCN(c2ncccn2)CC1.I. The fraction of sp³-hybridized carbons (Fsp3) is 0.688. The van der Waals surface area contributed by atoms with Gasteiger partial charge in [0.25, 0.3) is 0 Å². The van der Waals surface area contributed by atoms with E-state index in [9.17, 15) is 0 Å². The number of rotatable bonds is 4. The van der Waals surface area contributed by atoms with Gasteiger partial charge in [0, 0.05) is 51.7 Å². The van der Waals surface area contributed by atoms with Crippen LogP contribution in [0, 0.1) is 0 Å². The number of aliphatic imine (C=N–C) groups is 1. The first-order valence-corrected chi connectivity index (χ1v) is 8.53. The van der Waals surface area contributed by atoms with E-state index >= 15 is 0 Å². The topological polar surface area (TPSA) is 65.9 Å². The standard InChI is InChI=1S/C16H26N6O.HI/c1-2-17-15(20-13-14-5-3-12-23-14)21-8-10-22(11-9-21)16-18-6-4-7-19-16;/h4,6-7,14H,2-3,5,8-13H2,1H3,(H,17,20);1H. The van der Waals surface area contributed by atoms with Gasteiger partial charge in [-0.1, -0.05) is 0 Å². The Hall–Kier alpha value is -1.16. The third-order valence-corrected chi connectivity index (χ3v) is 4.22. The smallest absolute Gasteiger partial charge is 0.225 e. The highest BCUT2D eigenvalue weighted by Gasteiger charge is 2.22. The Balaban J connectivity index is 0.00000208. The van der Waals surface area contributed by atoms with Gasteiger partial charge in [0.05, 0.1) is 12.6 Å². The monoisotopic (exact) mass is 446 g/mol. The van der Waals surface area contributed by atoms with Gasteiger partial charge in [-0.05, 0) is 25.8 Å². The van der Waals surface area contributed by atoms with Crippen molar-refractivity contribution in [1.82, 2.24) is 20.2 Å². The maximum atomic E-state index is 5.67. The predicted molar refractivity (Wildman–Crippen MR) is 106 cm³/mol. The lowest BCUT2D eigenvalue weighted by Gasteiger charge is -2.36. The van der Waals surface area contributed by atoms with Gasteiger partial charge in [-0.2, -0.15) is 0 Å². The molecule has 1 N–H and O–H groups in total. The largest absolute Gasteiger partial charge is 0.376 e. The molecule has 2 fully saturated rings. The summed E-state index contributed by atoms with van der Waals surface area (Å²) in [4.78, 5) is 18.0. The summed E-state index contributed by atoms with van der Waals surface area (Å²) in [7, 11) is 0. The molecule has 0 spiro atoms. The van der Waals surface area contributed by atoms with E-state index in [4.69, 9.17) is 9.73 Å². The highest BCUT2D eigenvalue weighted by Crippen LogP contribution is 2.13. The highest BCUT2D eigenvalue weighted by molar-refractivity contribution is 14.0. The average Bonchev–Trinajstić information content (AvgIpc) is 3.13. The molecule has 1 aromatic heterocycles. The molecular weight excluding hydrogens is 419 g/mol. The Labute approximate surface area is 160 Å². The van der Waals surface area contributed by atoms with E-state index in [0.717, 1.165) is 70.6 Å². The minimum Gasteiger partial charge on any atom is -0.376 e. The Morgan fingerprint density at radius 3 is 2.67 bits per heavy atom. The number of aromatic nitrogens is 2. The van der Waals surface area contributed by atoms with Crippen molar-refractivity contribution >= 4 is 35.9 Å². The minimum atomic E-state index is 0. The molecule has 1 unspecified atom stereocenters. The summed E-state index contributed by atoms with van der Waals surface area (Å²) in [5.41, 5.74) is 0. The number of guanidine groups is 1.